The van der Waals surface area contributed by atoms with Crippen molar-refractivity contribution in [2.24, 2.45) is 0 Å². The smallest absolute Gasteiger partial charge is 0.0930 e. The molecule has 0 fully saturated rings. The molecule has 0 unspecified atom stereocenters. The molecule has 0 aliphatic carbocycles. The number of aryl methyl sites for hydroxylation is 1. The minimum Gasteiger partial charge on any atom is -0.397 e. The first-order valence-electron chi connectivity index (χ1n) is 3.27. The van der Waals surface area contributed by atoms with Crippen LogP contribution in [0.5, 0.6) is 0 Å². The molecule has 0 aliphatic rings. The van der Waals surface area contributed by atoms with Crippen molar-refractivity contribution in [1.29, 1.82) is 0 Å². The lowest BCUT2D eigenvalue weighted by molar-refractivity contribution is 0.940. The van der Waals surface area contributed by atoms with Gasteiger partial charge < -0.3 is 5.73 Å². The zero-order chi connectivity index (χ0) is 7.56. The van der Waals surface area contributed by atoms with E-state index in [1.165, 1.54) is 11.3 Å². The predicted molar refractivity (Wildman–Crippen MR) is 50.4 cm³/mol. The number of anilines is 1. The largest absolute Gasteiger partial charge is 0.397 e. The minimum atomic E-state index is 0.869. The van der Waals surface area contributed by atoms with Crippen LogP contribution in [-0.4, -0.2) is 0 Å². The summed E-state index contributed by atoms with van der Waals surface area (Å²) in [7, 11) is 0. The average Bonchev–Trinajstić information content (AvgIpc) is 2.14. The maximum atomic E-state index is 5.63. The number of rotatable bonds is 2. The van der Waals surface area contributed by atoms with Crippen LogP contribution in [0, 0.1) is 0 Å². The molecule has 1 heterocycles. The summed E-state index contributed by atoms with van der Waals surface area (Å²) < 4.78 is 1.07. The van der Waals surface area contributed by atoms with E-state index in [0.717, 1.165) is 15.9 Å². The van der Waals surface area contributed by atoms with Gasteiger partial charge in [-0.1, -0.05) is 13.3 Å². The van der Waals surface area contributed by atoms with Gasteiger partial charge in [0.1, 0.15) is 0 Å². The first-order chi connectivity index (χ1) is 4.74. The van der Waals surface area contributed by atoms with Crippen molar-refractivity contribution in [3.63, 3.8) is 0 Å². The SMILES string of the molecule is CCCc1cc(N)c(Br)s1. The van der Waals surface area contributed by atoms with Crippen LogP contribution in [0.15, 0.2) is 9.85 Å². The highest BCUT2D eigenvalue weighted by atomic mass is 79.9. The minimum absolute atomic E-state index is 0.869. The highest BCUT2D eigenvalue weighted by Gasteiger charge is 2.00. The zero-order valence-corrected chi connectivity index (χ0v) is 8.26. The van der Waals surface area contributed by atoms with E-state index < -0.39 is 0 Å². The maximum Gasteiger partial charge on any atom is 0.0930 e. The number of hydrogen-bond donors (Lipinski definition) is 1. The van der Waals surface area contributed by atoms with Crippen molar-refractivity contribution in [1.82, 2.24) is 0 Å². The Hall–Kier alpha value is -0.0200. The Morgan fingerprint density at radius 2 is 2.40 bits per heavy atom. The van der Waals surface area contributed by atoms with Crippen molar-refractivity contribution in [3.8, 4) is 0 Å². The summed E-state index contributed by atoms with van der Waals surface area (Å²) in [5, 5.41) is 0. The van der Waals surface area contributed by atoms with E-state index in [2.05, 4.69) is 22.9 Å². The molecule has 0 saturated heterocycles. The van der Waals surface area contributed by atoms with Crippen LogP contribution in [0.3, 0.4) is 0 Å². The summed E-state index contributed by atoms with van der Waals surface area (Å²) in [4.78, 5) is 1.37. The van der Waals surface area contributed by atoms with E-state index in [1.54, 1.807) is 11.3 Å². The number of nitrogen functional groups attached to an aromatic ring is 1. The van der Waals surface area contributed by atoms with Crippen LogP contribution in [-0.2, 0) is 6.42 Å². The highest BCUT2D eigenvalue weighted by Crippen LogP contribution is 2.30. The summed E-state index contributed by atoms with van der Waals surface area (Å²) in [6.07, 6.45) is 2.33. The van der Waals surface area contributed by atoms with E-state index in [4.69, 9.17) is 5.73 Å². The van der Waals surface area contributed by atoms with E-state index >= 15 is 0 Å². The maximum absolute atomic E-state index is 5.63. The van der Waals surface area contributed by atoms with Gasteiger partial charge in [0.15, 0.2) is 0 Å². The monoisotopic (exact) mass is 219 g/mol. The molecule has 0 saturated carbocycles. The third-order valence-corrected chi connectivity index (χ3v) is 3.20. The van der Waals surface area contributed by atoms with Gasteiger partial charge in [0.25, 0.3) is 0 Å². The molecule has 1 aromatic heterocycles. The fraction of sp³-hybridized carbons (Fsp3) is 0.429. The molecule has 0 aromatic carbocycles. The van der Waals surface area contributed by atoms with Gasteiger partial charge in [0, 0.05) is 4.88 Å². The Morgan fingerprint density at radius 1 is 1.70 bits per heavy atom. The van der Waals surface area contributed by atoms with Gasteiger partial charge >= 0.3 is 0 Å². The fourth-order valence-electron chi connectivity index (χ4n) is 0.803. The van der Waals surface area contributed by atoms with Gasteiger partial charge in [-0.3, -0.25) is 0 Å². The van der Waals surface area contributed by atoms with E-state index in [0.29, 0.717) is 0 Å². The molecule has 1 nitrogen and oxygen atoms in total. The second kappa shape index (κ2) is 3.39. The van der Waals surface area contributed by atoms with Crippen molar-refractivity contribution in [2.75, 3.05) is 5.73 Å². The molecule has 0 atom stereocenters. The van der Waals surface area contributed by atoms with Crippen molar-refractivity contribution in [3.05, 3.63) is 14.7 Å². The van der Waals surface area contributed by atoms with Crippen LogP contribution in [0.25, 0.3) is 0 Å². The molecule has 56 valence electrons. The van der Waals surface area contributed by atoms with Gasteiger partial charge in [-0.25, -0.2) is 0 Å². The molecular weight excluding hydrogens is 210 g/mol. The molecule has 0 aliphatic heterocycles. The van der Waals surface area contributed by atoms with Crippen LogP contribution < -0.4 is 5.73 Å². The molecule has 0 amide bonds. The standard InChI is InChI=1S/C7H10BrNS/c1-2-3-5-4-6(9)7(8)10-5/h4H,2-3,9H2,1H3. The molecule has 0 spiro atoms. The summed E-state index contributed by atoms with van der Waals surface area (Å²) in [5.41, 5.74) is 6.50. The number of nitrogens with two attached hydrogens (primary N) is 1. The molecular formula is C7H10BrNS. The Kier molecular flexibility index (Phi) is 2.74. The van der Waals surface area contributed by atoms with Gasteiger partial charge in [0.2, 0.25) is 0 Å². The summed E-state index contributed by atoms with van der Waals surface area (Å²) in [6.45, 7) is 2.17. The summed E-state index contributed by atoms with van der Waals surface area (Å²) in [5.74, 6) is 0. The molecule has 1 rings (SSSR count). The average molecular weight is 220 g/mol. The van der Waals surface area contributed by atoms with Gasteiger partial charge in [-0.05, 0) is 28.4 Å². The highest BCUT2D eigenvalue weighted by molar-refractivity contribution is 9.11. The normalized spacial score (nSPS) is 10.2. The Balaban J connectivity index is 2.77. The second-order valence-electron chi connectivity index (χ2n) is 2.19. The van der Waals surface area contributed by atoms with Gasteiger partial charge in [-0.15, -0.1) is 11.3 Å². The number of halogens is 1. The molecule has 2 N–H and O–H groups in total. The van der Waals surface area contributed by atoms with Crippen molar-refractivity contribution in [2.45, 2.75) is 19.8 Å². The van der Waals surface area contributed by atoms with E-state index in [1.807, 2.05) is 6.07 Å². The van der Waals surface area contributed by atoms with Gasteiger partial charge in [-0.2, -0.15) is 0 Å². The third-order valence-electron chi connectivity index (χ3n) is 1.26. The zero-order valence-electron chi connectivity index (χ0n) is 5.86. The van der Waals surface area contributed by atoms with Crippen molar-refractivity contribution < 1.29 is 0 Å². The first-order valence-corrected chi connectivity index (χ1v) is 4.88. The molecule has 1 aromatic rings. The van der Waals surface area contributed by atoms with Crippen LogP contribution in [0.2, 0.25) is 0 Å². The van der Waals surface area contributed by atoms with Crippen LogP contribution >= 0.6 is 27.3 Å². The topological polar surface area (TPSA) is 26.0 Å². The van der Waals surface area contributed by atoms with Crippen molar-refractivity contribution >= 4 is 33.0 Å². The predicted octanol–water partition coefficient (Wildman–Crippen LogP) is 3.05. The Labute approximate surface area is 73.4 Å². The summed E-state index contributed by atoms with van der Waals surface area (Å²) >= 11 is 5.11. The summed E-state index contributed by atoms with van der Waals surface area (Å²) in [6, 6.07) is 2.04. The molecule has 0 radical (unpaired) electrons. The lowest BCUT2D eigenvalue weighted by Gasteiger charge is -1.86. The lowest BCUT2D eigenvalue weighted by Crippen LogP contribution is -1.79. The number of hydrogen-bond acceptors (Lipinski definition) is 2. The second-order valence-corrected chi connectivity index (χ2v) is 4.65. The quantitative estimate of drug-likeness (QED) is 0.814. The molecule has 3 heteroatoms. The third kappa shape index (κ3) is 1.73. The van der Waals surface area contributed by atoms with Crippen LogP contribution in [0.1, 0.15) is 18.2 Å². The fourth-order valence-corrected chi connectivity index (χ4v) is 2.44. The van der Waals surface area contributed by atoms with Crippen LogP contribution in [0.4, 0.5) is 5.69 Å². The first kappa shape index (κ1) is 8.08. The molecule has 0 bridgehead atoms. The lowest BCUT2D eigenvalue weighted by atomic mass is 10.3. The Bertz CT molecular complexity index is 200. The number of thiophene rings is 1. The van der Waals surface area contributed by atoms with Gasteiger partial charge in [0.05, 0.1) is 9.47 Å². The van der Waals surface area contributed by atoms with E-state index in [-0.39, 0.29) is 0 Å². The van der Waals surface area contributed by atoms with E-state index in [9.17, 15) is 0 Å². The Morgan fingerprint density at radius 3 is 2.80 bits per heavy atom. The molecule has 10 heavy (non-hydrogen) atoms.